The molecular formula is C22H21N5O3S2. The molecular weight excluding hydrogens is 446 g/mol. The lowest BCUT2D eigenvalue weighted by Gasteiger charge is -2.08. The number of anilines is 2. The van der Waals surface area contributed by atoms with Crippen LogP contribution in [0.15, 0.2) is 52.6 Å². The summed E-state index contributed by atoms with van der Waals surface area (Å²) in [5, 5.41) is 23.0. The average Bonchev–Trinajstić information content (AvgIpc) is 3.42. The number of ether oxygens (including phenoxy) is 1. The van der Waals surface area contributed by atoms with Crippen LogP contribution in [0.2, 0.25) is 0 Å². The molecule has 2 heterocycles. The summed E-state index contributed by atoms with van der Waals surface area (Å²) in [6, 6.07) is 13.4. The third kappa shape index (κ3) is 4.61. The van der Waals surface area contributed by atoms with Crippen LogP contribution in [0, 0.1) is 13.8 Å². The van der Waals surface area contributed by atoms with Crippen molar-refractivity contribution < 1.29 is 14.6 Å². The quantitative estimate of drug-likeness (QED) is 0.150. The Kier molecular flexibility index (Phi) is 6.42. The number of para-hydroxylation sites is 2. The normalized spacial score (nSPS) is 12.0. The zero-order valence-corrected chi connectivity index (χ0v) is 19.3. The number of hydrogen-bond donors (Lipinski definition) is 3. The van der Waals surface area contributed by atoms with Gasteiger partial charge in [0.05, 0.1) is 23.9 Å². The van der Waals surface area contributed by atoms with Crippen LogP contribution in [0.4, 0.5) is 10.8 Å². The number of hydrogen-bond acceptors (Lipinski definition) is 9. The predicted molar refractivity (Wildman–Crippen MR) is 127 cm³/mol. The van der Waals surface area contributed by atoms with Gasteiger partial charge >= 0.3 is 5.97 Å². The standard InChI is InChI=1S/C22H21N5O3S2/c1-12-7-6-10-14(13(12)2)25-21-26-27-22(32-21)31-11-17(28)18(20(29)30-3)19-23-15-8-4-5-9-16(15)24-19/h4-10,28H,11H2,1-3H3,(H,23,24)(H,25,26)/b18-17+. The van der Waals surface area contributed by atoms with Crippen molar-refractivity contribution in [3.8, 4) is 0 Å². The third-order valence-electron chi connectivity index (χ3n) is 4.89. The molecule has 0 radical (unpaired) electrons. The number of nitrogens with zero attached hydrogens (tertiary/aromatic N) is 3. The lowest BCUT2D eigenvalue weighted by Crippen LogP contribution is -2.09. The van der Waals surface area contributed by atoms with Gasteiger partial charge in [0.2, 0.25) is 5.13 Å². The van der Waals surface area contributed by atoms with Crippen LogP contribution in [0.3, 0.4) is 0 Å². The summed E-state index contributed by atoms with van der Waals surface area (Å²) in [7, 11) is 1.27. The molecule has 2 aromatic carbocycles. The molecule has 32 heavy (non-hydrogen) atoms. The fourth-order valence-electron chi connectivity index (χ4n) is 3.05. The molecule has 0 fully saturated rings. The molecule has 0 amide bonds. The number of aromatic nitrogens is 4. The molecule has 0 bridgehead atoms. The minimum Gasteiger partial charge on any atom is -0.510 e. The zero-order valence-electron chi connectivity index (χ0n) is 17.7. The number of H-pyrrole nitrogens is 1. The highest BCUT2D eigenvalue weighted by molar-refractivity contribution is 8.01. The van der Waals surface area contributed by atoms with Crippen LogP contribution < -0.4 is 5.32 Å². The molecule has 4 rings (SSSR count). The maximum atomic E-state index is 12.4. The Labute approximate surface area is 192 Å². The van der Waals surface area contributed by atoms with Crippen LogP contribution in [0.1, 0.15) is 17.0 Å². The number of aryl methyl sites for hydroxylation is 1. The van der Waals surface area contributed by atoms with Crippen LogP contribution >= 0.6 is 23.1 Å². The second kappa shape index (κ2) is 9.41. The van der Waals surface area contributed by atoms with Gasteiger partial charge in [0.1, 0.15) is 17.2 Å². The number of thioether (sulfide) groups is 1. The maximum Gasteiger partial charge on any atom is 0.345 e. The number of imidazole rings is 1. The number of nitrogens with one attached hydrogen (secondary N) is 2. The number of carbonyl (C=O) groups excluding carboxylic acids is 1. The lowest BCUT2D eigenvalue weighted by molar-refractivity contribution is -0.133. The van der Waals surface area contributed by atoms with Crippen molar-refractivity contribution in [2.75, 3.05) is 18.2 Å². The summed E-state index contributed by atoms with van der Waals surface area (Å²) in [5.74, 6) is -0.456. The van der Waals surface area contributed by atoms with Crippen molar-refractivity contribution in [1.82, 2.24) is 20.2 Å². The van der Waals surface area contributed by atoms with Gasteiger partial charge in [0.25, 0.3) is 0 Å². The van der Waals surface area contributed by atoms with E-state index < -0.39 is 5.97 Å². The van der Waals surface area contributed by atoms with E-state index >= 15 is 0 Å². The Hall–Kier alpha value is -3.37. The van der Waals surface area contributed by atoms with Crippen molar-refractivity contribution >= 4 is 56.5 Å². The number of benzene rings is 2. The second-order valence-corrected chi connectivity index (χ2v) is 9.15. The topological polar surface area (TPSA) is 113 Å². The molecule has 8 nitrogen and oxygen atoms in total. The van der Waals surface area contributed by atoms with Gasteiger partial charge in [-0.15, -0.1) is 10.2 Å². The van der Waals surface area contributed by atoms with E-state index in [4.69, 9.17) is 4.74 Å². The van der Waals surface area contributed by atoms with Gasteiger partial charge in [0.15, 0.2) is 4.34 Å². The number of aliphatic hydroxyl groups is 1. The fraction of sp³-hybridized carbons (Fsp3) is 0.182. The van der Waals surface area contributed by atoms with Gasteiger partial charge in [-0.25, -0.2) is 9.78 Å². The molecule has 0 aliphatic heterocycles. The molecule has 0 saturated carbocycles. The van der Waals surface area contributed by atoms with Crippen LogP contribution in [-0.4, -0.2) is 44.1 Å². The molecule has 0 saturated heterocycles. The van der Waals surface area contributed by atoms with Crippen molar-refractivity contribution in [1.29, 1.82) is 0 Å². The maximum absolute atomic E-state index is 12.4. The van der Waals surface area contributed by atoms with Gasteiger partial charge in [-0.1, -0.05) is 47.4 Å². The molecule has 2 aromatic heterocycles. The number of esters is 1. The molecule has 164 valence electrons. The molecule has 4 aromatic rings. The second-order valence-electron chi connectivity index (χ2n) is 6.95. The zero-order chi connectivity index (χ0) is 22.7. The van der Waals surface area contributed by atoms with Gasteiger partial charge < -0.3 is 20.1 Å². The van der Waals surface area contributed by atoms with E-state index in [-0.39, 0.29) is 22.9 Å². The highest BCUT2D eigenvalue weighted by atomic mass is 32.2. The molecule has 0 atom stereocenters. The Morgan fingerprint density at radius 1 is 1.19 bits per heavy atom. The average molecular weight is 468 g/mol. The Morgan fingerprint density at radius 2 is 2.00 bits per heavy atom. The fourth-order valence-corrected chi connectivity index (χ4v) is 4.69. The first kappa shape index (κ1) is 21.8. The third-order valence-corrected chi connectivity index (χ3v) is 6.87. The summed E-state index contributed by atoms with van der Waals surface area (Å²) in [4.78, 5) is 19.8. The minimum atomic E-state index is -0.670. The lowest BCUT2D eigenvalue weighted by atomic mass is 10.1. The largest absolute Gasteiger partial charge is 0.510 e. The minimum absolute atomic E-state index is 0.00514. The molecule has 0 aliphatic carbocycles. The van der Waals surface area contributed by atoms with Crippen LogP contribution in [-0.2, 0) is 9.53 Å². The van der Waals surface area contributed by atoms with E-state index in [0.29, 0.717) is 15.0 Å². The summed E-state index contributed by atoms with van der Waals surface area (Å²) in [6.45, 7) is 4.10. The van der Waals surface area contributed by atoms with Crippen molar-refractivity contribution in [3.63, 3.8) is 0 Å². The first-order valence-corrected chi connectivity index (χ1v) is 11.5. The summed E-state index contributed by atoms with van der Waals surface area (Å²) in [6.07, 6.45) is 0. The van der Waals surface area contributed by atoms with E-state index in [1.54, 1.807) is 0 Å². The van der Waals surface area contributed by atoms with Gasteiger partial charge in [-0.3, -0.25) is 0 Å². The SMILES string of the molecule is COC(=O)/C(=C(/O)CSc1nnc(Nc2cccc(C)c2C)s1)c1nc2ccccc2[nH]1. The number of carbonyl (C=O) groups is 1. The first-order chi connectivity index (χ1) is 15.5. The smallest absolute Gasteiger partial charge is 0.345 e. The number of aromatic amines is 1. The van der Waals surface area contributed by atoms with Crippen LogP contribution in [0.5, 0.6) is 0 Å². The van der Waals surface area contributed by atoms with Crippen molar-refractivity contribution in [2.24, 2.45) is 0 Å². The summed E-state index contributed by atoms with van der Waals surface area (Å²) >= 11 is 2.64. The molecule has 0 spiro atoms. The van der Waals surface area contributed by atoms with Crippen molar-refractivity contribution in [2.45, 2.75) is 18.2 Å². The van der Waals surface area contributed by atoms with E-state index in [0.717, 1.165) is 16.8 Å². The molecule has 3 N–H and O–H groups in total. The van der Waals surface area contributed by atoms with E-state index in [1.165, 1.54) is 35.8 Å². The van der Waals surface area contributed by atoms with E-state index in [9.17, 15) is 9.90 Å². The monoisotopic (exact) mass is 467 g/mol. The Balaban J connectivity index is 1.52. The number of rotatable bonds is 7. The van der Waals surface area contributed by atoms with Gasteiger partial charge in [-0.05, 0) is 43.2 Å². The Bertz CT molecular complexity index is 1280. The number of fused-ring (bicyclic) bond motifs is 1. The Morgan fingerprint density at radius 3 is 2.78 bits per heavy atom. The molecule has 10 heteroatoms. The van der Waals surface area contributed by atoms with E-state index in [1.807, 2.05) is 43.3 Å². The summed E-state index contributed by atoms with van der Waals surface area (Å²) in [5.41, 5.74) is 4.75. The number of methoxy groups -OCH3 is 1. The molecule has 0 unspecified atom stereocenters. The van der Waals surface area contributed by atoms with Gasteiger partial charge in [0, 0.05) is 5.69 Å². The van der Waals surface area contributed by atoms with E-state index in [2.05, 4.69) is 38.5 Å². The number of aliphatic hydroxyl groups excluding tert-OH is 1. The predicted octanol–water partition coefficient (Wildman–Crippen LogP) is 5.01. The summed E-state index contributed by atoms with van der Waals surface area (Å²) < 4.78 is 5.52. The first-order valence-electron chi connectivity index (χ1n) is 9.71. The molecule has 0 aliphatic rings. The highest BCUT2D eigenvalue weighted by Gasteiger charge is 2.22. The highest BCUT2D eigenvalue weighted by Crippen LogP contribution is 2.31. The van der Waals surface area contributed by atoms with Crippen LogP contribution in [0.25, 0.3) is 16.6 Å². The van der Waals surface area contributed by atoms with Crippen molar-refractivity contribution in [3.05, 3.63) is 65.2 Å². The van der Waals surface area contributed by atoms with Gasteiger partial charge in [-0.2, -0.15) is 0 Å².